The first-order valence-corrected chi connectivity index (χ1v) is 5.01. The predicted molar refractivity (Wildman–Crippen MR) is 56.9 cm³/mol. The Balaban J connectivity index is 3.73. The van der Waals surface area contributed by atoms with E-state index in [0.29, 0.717) is 6.54 Å². The maximum absolute atomic E-state index is 11.1. The maximum atomic E-state index is 11.1. The van der Waals surface area contributed by atoms with Crippen LogP contribution in [0.25, 0.3) is 0 Å². The van der Waals surface area contributed by atoms with Gasteiger partial charge in [0.15, 0.2) is 0 Å². The van der Waals surface area contributed by atoms with Gasteiger partial charge < -0.3 is 21.1 Å². The van der Waals surface area contributed by atoms with E-state index in [1.165, 1.54) is 6.92 Å². The number of carbonyl (C=O) groups is 3. The second kappa shape index (κ2) is 7.49. The van der Waals surface area contributed by atoms with Crippen molar-refractivity contribution in [2.45, 2.75) is 26.3 Å². The maximum Gasteiger partial charge on any atom is 0.325 e. The molecule has 0 fully saturated rings. The zero-order valence-electron chi connectivity index (χ0n) is 9.37. The molecule has 0 saturated heterocycles. The minimum absolute atomic E-state index is 0.168. The summed E-state index contributed by atoms with van der Waals surface area (Å²) in [5, 5.41) is 15.5. The molecule has 0 aliphatic rings. The molecule has 92 valence electrons. The van der Waals surface area contributed by atoms with Gasteiger partial charge in [-0.3, -0.25) is 9.59 Å². The molecule has 7 nitrogen and oxygen atoms in total. The van der Waals surface area contributed by atoms with Crippen LogP contribution in [0, 0.1) is 0 Å². The van der Waals surface area contributed by atoms with E-state index < -0.39 is 18.0 Å². The summed E-state index contributed by atoms with van der Waals surface area (Å²) in [5.74, 6) is -1.44. The molecule has 0 aliphatic carbocycles. The molecular formula is C9H17N3O4. The summed E-state index contributed by atoms with van der Waals surface area (Å²) in [6.45, 7) is 3.62. The van der Waals surface area contributed by atoms with Crippen LogP contribution in [0.4, 0.5) is 4.79 Å². The van der Waals surface area contributed by atoms with E-state index in [0.717, 1.165) is 6.42 Å². The van der Waals surface area contributed by atoms with Crippen LogP contribution in [-0.4, -0.2) is 42.1 Å². The molecule has 16 heavy (non-hydrogen) atoms. The summed E-state index contributed by atoms with van der Waals surface area (Å²) in [4.78, 5) is 32.5. The number of amides is 3. The van der Waals surface area contributed by atoms with Crippen molar-refractivity contribution in [3.63, 3.8) is 0 Å². The molecule has 4 N–H and O–H groups in total. The third kappa shape index (κ3) is 6.63. The fourth-order valence-electron chi connectivity index (χ4n) is 0.797. The first kappa shape index (κ1) is 14.2. The van der Waals surface area contributed by atoms with E-state index in [1.807, 2.05) is 6.92 Å². The van der Waals surface area contributed by atoms with Crippen molar-refractivity contribution in [1.29, 1.82) is 0 Å². The van der Waals surface area contributed by atoms with E-state index in [-0.39, 0.29) is 12.5 Å². The van der Waals surface area contributed by atoms with Gasteiger partial charge in [0.1, 0.15) is 6.04 Å². The molecule has 7 heteroatoms. The van der Waals surface area contributed by atoms with Gasteiger partial charge in [0.2, 0.25) is 5.91 Å². The van der Waals surface area contributed by atoms with Crippen molar-refractivity contribution in [2.75, 3.05) is 13.1 Å². The standard InChI is InChI=1S/C9H17N3O4/c1-3-4-10-7(13)5-11-9(16)12-6(2)8(14)15/h6H,3-5H2,1-2H3,(H,10,13)(H,14,15)(H2,11,12,16)/t6-/m1/s1. The Morgan fingerprint density at radius 1 is 1.25 bits per heavy atom. The SMILES string of the molecule is CCCNC(=O)CNC(=O)N[C@H](C)C(=O)O. The highest BCUT2D eigenvalue weighted by molar-refractivity contribution is 5.86. The lowest BCUT2D eigenvalue weighted by molar-refractivity contribution is -0.138. The number of hydrogen-bond donors (Lipinski definition) is 4. The summed E-state index contributed by atoms with van der Waals surface area (Å²) in [6.07, 6.45) is 0.813. The lowest BCUT2D eigenvalue weighted by atomic mass is 10.3. The minimum Gasteiger partial charge on any atom is -0.480 e. The molecule has 0 aromatic carbocycles. The molecule has 0 aromatic rings. The fourth-order valence-corrected chi connectivity index (χ4v) is 0.797. The number of nitrogens with one attached hydrogen (secondary N) is 3. The summed E-state index contributed by atoms with van der Waals surface area (Å²) in [6, 6.07) is -1.67. The molecule has 0 radical (unpaired) electrons. The zero-order valence-corrected chi connectivity index (χ0v) is 9.37. The van der Waals surface area contributed by atoms with Crippen molar-refractivity contribution in [3.8, 4) is 0 Å². The molecule has 0 heterocycles. The van der Waals surface area contributed by atoms with Gasteiger partial charge in [-0.25, -0.2) is 4.79 Å². The van der Waals surface area contributed by atoms with Crippen LogP contribution >= 0.6 is 0 Å². The van der Waals surface area contributed by atoms with E-state index in [1.54, 1.807) is 0 Å². The van der Waals surface area contributed by atoms with Gasteiger partial charge in [-0.1, -0.05) is 6.92 Å². The molecule has 0 spiro atoms. The summed E-state index contributed by atoms with van der Waals surface area (Å²) < 4.78 is 0. The molecule has 0 rings (SSSR count). The Morgan fingerprint density at radius 3 is 2.38 bits per heavy atom. The lowest BCUT2D eigenvalue weighted by Gasteiger charge is -2.10. The van der Waals surface area contributed by atoms with E-state index in [9.17, 15) is 14.4 Å². The van der Waals surface area contributed by atoms with Crippen molar-refractivity contribution < 1.29 is 19.5 Å². The third-order valence-corrected chi connectivity index (χ3v) is 1.70. The highest BCUT2D eigenvalue weighted by atomic mass is 16.4. The Bertz CT molecular complexity index is 267. The van der Waals surface area contributed by atoms with E-state index >= 15 is 0 Å². The van der Waals surface area contributed by atoms with Crippen LogP contribution in [0.5, 0.6) is 0 Å². The molecule has 0 bridgehead atoms. The second-order valence-electron chi connectivity index (χ2n) is 3.24. The zero-order chi connectivity index (χ0) is 12.6. The summed E-state index contributed by atoms with van der Waals surface area (Å²) in [7, 11) is 0. The second-order valence-corrected chi connectivity index (χ2v) is 3.24. The van der Waals surface area contributed by atoms with E-state index in [4.69, 9.17) is 5.11 Å². The smallest absolute Gasteiger partial charge is 0.325 e. The summed E-state index contributed by atoms with van der Waals surface area (Å²) in [5.41, 5.74) is 0. The number of carbonyl (C=O) groups excluding carboxylic acids is 2. The van der Waals surface area contributed by atoms with Crippen LogP contribution in [-0.2, 0) is 9.59 Å². The van der Waals surface area contributed by atoms with Crippen LogP contribution < -0.4 is 16.0 Å². The molecule has 0 saturated carbocycles. The normalized spacial score (nSPS) is 11.4. The molecular weight excluding hydrogens is 214 g/mol. The van der Waals surface area contributed by atoms with E-state index in [2.05, 4.69) is 16.0 Å². The Labute approximate surface area is 93.6 Å². The molecule has 0 unspecified atom stereocenters. The van der Waals surface area contributed by atoms with Gasteiger partial charge >= 0.3 is 12.0 Å². The third-order valence-electron chi connectivity index (χ3n) is 1.70. The Hall–Kier alpha value is -1.79. The number of rotatable bonds is 6. The van der Waals surface area contributed by atoms with Crippen LogP contribution in [0.2, 0.25) is 0 Å². The van der Waals surface area contributed by atoms with Crippen LogP contribution in [0.15, 0.2) is 0 Å². The highest BCUT2D eigenvalue weighted by Gasteiger charge is 2.13. The van der Waals surface area contributed by atoms with Crippen LogP contribution in [0.1, 0.15) is 20.3 Å². The van der Waals surface area contributed by atoms with Crippen LogP contribution in [0.3, 0.4) is 0 Å². The molecule has 3 amide bonds. The van der Waals surface area contributed by atoms with Gasteiger partial charge in [0, 0.05) is 6.54 Å². The largest absolute Gasteiger partial charge is 0.480 e. The quantitative estimate of drug-likeness (QED) is 0.484. The average Bonchev–Trinajstić information content (AvgIpc) is 2.23. The Morgan fingerprint density at radius 2 is 1.88 bits per heavy atom. The first-order valence-electron chi connectivity index (χ1n) is 5.01. The lowest BCUT2D eigenvalue weighted by Crippen LogP contribution is -2.47. The topological polar surface area (TPSA) is 108 Å². The molecule has 0 aliphatic heterocycles. The summed E-state index contributed by atoms with van der Waals surface area (Å²) >= 11 is 0. The Kier molecular flexibility index (Phi) is 6.66. The molecule has 1 atom stereocenters. The number of aliphatic carboxylic acids is 1. The minimum atomic E-state index is -1.13. The fraction of sp³-hybridized carbons (Fsp3) is 0.667. The highest BCUT2D eigenvalue weighted by Crippen LogP contribution is 1.80. The number of hydrogen-bond acceptors (Lipinski definition) is 3. The monoisotopic (exact) mass is 231 g/mol. The van der Waals surface area contributed by atoms with Crippen molar-refractivity contribution in [3.05, 3.63) is 0 Å². The van der Waals surface area contributed by atoms with Gasteiger partial charge in [-0.05, 0) is 13.3 Å². The predicted octanol–water partition coefficient (Wildman–Crippen LogP) is -0.715. The van der Waals surface area contributed by atoms with Crippen molar-refractivity contribution in [1.82, 2.24) is 16.0 Å². The van der Waals surface area contributed by atoms with Gasteiger partial charge in [-0.15, -0.1) is 0 Å². The first-order chi connectivity index (χ1) is 7.47. The number of carboxylic acids is 1. The van der Waals surface area contributed by atoms with Gasteiger partial charge in [-0.2, -0.15) is 0 Å². The van der Waals surface area contributed by atoms with Crippen molar-refractivity contribution >= 4 is 17.9 Å². The molecule has 0 aromatic heterocycles. The average molecular weight is 231 g/mol. The van der Waals surface area contributed by atoms with Gasteiger partial charge in [0.25, 0.3) is 0 Å². The number of urea groups is 1. The van der Waals surface area contributed by atoms with Gasteiger partial charge in [0.05, 0.1) is 6.54 Å². The number of carboxylic acid groups (broad SMARTS) is 1. The van der Waals surface area contributed by atoms with Crippen molar-refractivity contribution in [2.24, 2.45) is 0 Å².